The smallest absolute Gasteiger partial charge is 0.454 e. The van der Waals surface area contributed by atoms with E-state index in [9.17, 15) is 18.0 Å². The third-order valence-corrected chi connectivity index (χ3v) is 4.63. The minimum absolute atomic E-state index is 0.263. The van der Waals surface area contributed by atoms with Gasteiger partial charge in [-0.1, -0.05) is 6.07 Å². The van der Waals surface area contributed by atoms with Crippen LogP contribution in [0.2, 0.25) is 0 Å². The summed E-state index contributed by atoms with van der Waals surface area (Å²) in [5.41, 5.74) is 2.93. The number of aromatic nitrogens is 1. The highest BCUT2D eigenvalue weighted by Gasteiger charge is 2.41. The van der Waals surface area contributed by atoms with E-state index in [-0.39, 0.29) is 16.9 Å². The number of rotatable bonds is 2. The molecule has 2 aromatic rings. The lowest BCUT2D eigenvalue weighted by Gasteiger charge is -2.19. The first-order valence-electron chi connectivity index (χ1n) is 8.05. The molecule has 6 heteroatoms. The number of carbonyl (C=O) groups excluding carboxylic acids is 1. The fraction of sp³-hybridized carbons (Fsp3) is 0.421. The summed E-state index contributed by atoms with van der Waals surface area (Å²) in [4.78, 5) is 11.7. The third-order valence-electron chi connectivity index (χ3n) is 4.63. The number of hydrogen-bond acceptors (Lipinski definition) is 2. The number of carbonyl (C=O) groups is 1. The van der Waals surface area contributed by atoms with Crippen LogP contribution >= 0.6 is 0 Å². The molecule has 0 saturated carbocycles. The number of nitrogens with zero attached hydrogens (tertiary/aromatic N) is 1. The Hall–Kier alpha value is -2.24. The summed E-state index contributed by atoms with van der Waals surface area (Å²) in [7, 11) is 0. The zero-order valence-corrected chi connectivity index (χ0v) is 14.8. The Balaban J connectivity index is 2.19. The van der Waals surface area contributed by atoms with Crippen molar-refractivity contribution in [3.63, 3.8) is 0 Å². The molecule has 1 aliphatic rings. The molecule has 0 aliphatic carbocycles. The van der Waals surface area contributed by atoms with Gasteiger partial charge in [0.15, 0.2) is 0 Å². The Bertz CT molecular complexity index is 876. The van der Waals surface area contributed by atoms with Crippen molar-refractivity contribution in [2.45, 2.75) is 52.8 Å². The van der Waals surface area contributed by atoms with Gasteiger partial charge in [0, 0.05) is 28.9 Å². The normalized spacial score (nSPS) is 15.8. The first-order chi connectivity index (χ1) is 11.4. The van der Waals surface area contributed by atoms with Crippen molar-refractivity contribution in [3.05, 3.63) is 46.3 Å². The Kier molecular flexibility index (Phi) is 3.78. The van der Waals surface area contributed by atoms with Crippen molar-refractivity contribution in [2.75, 3.05) is 0 Å². The van der Waals surface area contributed by atoms with Crippen LogP contribution in [-0.4, -0.2) is 22.1 Å². The third kappa shape index (κ3) is 2.83. The van der Waals surface area contributed by atoms with E-state index < -0.39 is 12.0 Å². The number of alkyl halides is 3. The zero-order valence-electron chi connectivity index (χ0n) is 14.8. The van der Waals surface area contributed by atoms with E-state index in [1.807, 2.05) is 32.9 Å². The maximum absolute atomic E-state index is 12.8. The number of ketones is 1. The van der Waals surface area contributed by atoms with Crippen molar-refractivity contribution in [3.8, 4) is 11.4 Å². The van der Waals surface area contributed by atoms with E-state index in [2.05, 4.69) is 0 Å². The molecule has 2 heterocycles. The molecular weight excluding hydrogens is 331 g/mol. The van der Waals surface area contributed by atoms with Crippen LogP contribution in [0.4, 0.5) is 13.2 Å². The Morgan fingerprint density at radius 3 is 2.44 bits per heavy atom. The molecule has 0 unspecified atom stereocenters. The molecule has 0 amide bonds. The number of benzene rings is 1. The molecule has 0 N–H and O–H groups in total. The summed E-state index contributed by atoms with van der Waals surface area (Å²) >= 11 is 0. The van der Waals surface area contributed by atoms with Gasteiger partial charge in [0.05, 0.1) is 5.69 Å². The molecule has 3 rings (SSSR count). The minimum Gasteiger partial charge on any atom is -0.485 e. The summed E-state index contributed by atoms with van der Waals surface area (Å²) in [5.74, 6) is -1.14. The van der Waals surface area contributed by atoms with Gasteiger partial charge in [0.1, 0.15) is 11.4 Å². The molecular formula is C19H20F3NO2. The quantitative estimate of drug-likeness (QED) is 0.724. The fourth-order valence-corrected chi connectivity index (χ4v) is 3.48. The van der Waals surface area contributed by atoms with E-state index in [0.717, 1.165) is 17.5 Å². The molecule has 0 radical (unpaired) electrons. The highest BCUT2D eigenvalue weighted by atomic mass is 19.4. The number of Topliss-reactive ketones (excluding diaryl/α,β-unsaturated/α-hetero) is 1. The number of fused-ring (bicyclic) bond motifs is 1. The standard InChI is InChI=1S/C19H20F3NO2/c1-10-6-7-15(16-14(10)9-18(4,5)25-16)23-11(2)8-13(12(23)3)17(24)19(20,21)22/h6-8H,9H2,1-5H3. The average Bonchev–Trinajstić information content (AvgIpc) is 2.95. The number of ether oxygens (including phenoxy) is 1. The number of hydrogen-bond donors (Lipinski definition) is 0. The van der Waals surface area contributed by atoms with Crippen LogP contribution in [0.3, 0.4) is 0 Å². The largest absolute Gasteiger partial charge is 0.485 e. The monoisotopic (exact) mass is 351 g/mol. The van der Waals surface area contributed by atoms with Gasteiger partial charge in [0.25, 0.3) is 5.78 Å². The highest BCUT2D eigenvalue weighted by molar-refractivity contribution is 6.01. The lowest BCUT2D eigenvalue weighted by molar-refractivity contribution is -0.0885. The van der Waals surface area contributed by atoms with Crippen LogP contribution in [-0.2, 0) is 6.42 Å². The molecule has 0 atom stereocenters. The van der Waals surface area contributed by atoms with Crippen molar-refractivity contribution in [1.82, 2.24) is 4.57 Å². The van der Waals surface area contributed by atoms with Crippen molar-refractivity contribution < 1.29 is 22.7 Å². The number of aryl methyl sites for hydroxylation is 2. The van der Waals surface area contributed by atoms with Gasteiger partial charge < -0.3 is 9.30 Å². The molecule has 0 saturated heterocycles. The van der Waals surface area contributed by atoms with Crippen molar-refractivity contribution in [1.29, 1.82) is 0 Å². The van der Waals surface area contributed by atoms with E-state index in [1.54, 1.807) is 11.5 Å². The summed E-state index contributed by atoms with van der Waals surface area (Å²) < 4.78 is 46.3. The predicted octanol–water partition coefficient (Wildman–Crippen LogP) is 4.86. The van der Waals surface area contributed by atoms with E-state index in [4.69, 9.17) is 4.74 Å². The predicted molar refractivity (Wildman–Crippen MR) is 88.8 cm³/mol. The van der Waals surface area contributed by atoms with Crippen LogP contribution in [0.15, 0.2) is 18.2 Å². The summed E-state index contributed by atoms with van der Waals surface area (Å²) in [6, 6.07) is 5.05. The molecule has 1 aromatic heterocycles. The van der Waals surface area contributed by atoms with Gasteiger partial charge in [0.2, 0.25) is 0 Å². The molecule has 0 bridgehead atoms. The van der Waals surface area contributed by atoms with Crippen LogP contribution in [0.5, 0.6) is 5.75 Å². The molecule has 1 aliphatic heterocycles. The Morgan fingerprint density at radius 1 is 1.20 bits per heavy atom. The first-order valence-corrected chi connectivity index (χ1v) is 8.05. The maximum Gasteiger partial charge on any atom is 0.454 e. The Morgan fingerprint density at radius 2 is 1.84 bits per heavy atom. The van der Waals surface area contributed by atoms with Crippen LogP contribution in [0, 0.1) is 20.8 Å². The molecule has 1 aromatic carbocycles. The summed E-state index contributed by atoms with van der Waals surface area (Å²) in [6.45, 7) is 9.15. The first kappa shape index (κ1) is 17.6. The molecule has 0 fully saturated rings. The molecule has 0 spiro atoms. The summed E-state index contributed by atoms with van der Waals surface area (Å²) in [6.07, 6.45) is -4.16. The van der Waals surface area contributed by atoms with Crippen molar-refractivity contribution >= 4 is 5.78 Å². The second kappa shape index (κ2) is 5.38. The Labute approximate surface area is 144 Å². The number of halogens is 3. The van der Waals surface area contributed by atoms with Gasteiger partial charge in [-0.3, -0.25) is 4.79 Å². The maximum atomic E-state index is 12.8. The minimum atomic E-state index is -4.89. The van der Waals surface area contributed by atoms with Gasteiger partial charge >= 0.3 is 6.18 Å². The SMILES string of the molecule is Cc1ccc(-n2c(C)cc(C(=O)C(F)(F)F)c2C)c2c1CC(C)(C)O2. The molecule has 134 valence electrons. The van der Waals surface area contributed by atoms with Crippen LogP contribution in [0.1, 0.15) is 46.7 Å². The lowest BCUT2D eigenvalue weighted by atomic mass is 9.97. The fourth-order valence-electron chi connectivity index (χ4n) is 3.48. The van der Waals surface area contributed by atoms with E-state index in [1.165, 1.54) is 13.0 Å². The van der Waals surface area contributed by atoms with Gasteiger partial charge in [-0.05, 0) is 52.3 Å². The van der Waals surface area contributed by atoms with E-state index in [0.29, 0.717) is 17.1 Å². The van der Waals surface area contributed by atoms with Gasteiger partial charge in [-0.25, -0.2) is 0 Å². The zero-order chi connectivity index (χ0) is 18.7. The second-order valence-electron chi connectivity index (χ2n) is 7.19. The van der Waals surface area contributed by atoms with Gasteiger partial charge in [-0.2, -0.15) is 13.2 Å². The van der Waals surface area contributed by atoms with Crippen LogP contribution in [0.25, 0.3) is 5.69 Å². The van der Waals surface area contributed by atoms with E-state index >= 15 is 0 Å². The lowest BCUT2D eigenvalue weighted by Crippen LogP contribution is -2.25. The average molecular weight is 351 g/mol. The summed E-state index contributed by atoms with van der Waals surface area (Å²) in [5, 5.41) is 0. The van der Waals surface area contributed by atoms with Gasteiger partial charge in [-0.15, -0.1) is 0 Å². The topological polar surface area (TPSA) is 31.2 Å². The van der Waals surface area contributed by atoms with Crippen LogP contribution < -0.4 is 4.74 Å². The van der Waals surface area contributed by atoms with Crippen molar-refractivity contribution in [2.24, 2.45) is 0 Å². The molecule has 25 heavy (non-hydrogen) atoms. The molecule has 3 nitrogen and oxygen atoms in total. The highest BCUT2D eigenvalue weighted by Crippen LogP contribution is 2.42. The second-order valence-corrected chi connectivity index (χ2v) is 7.19.